The average Bonchev–Trinajstić information content (AvgIpc) is 3.10. The van der Waals surface area contributed by atoms with Gasteiger partial charge >= 0.3 is 5.97 Å². The molecule has 22 heavy (non-hydrogen) atoms. The van der Waals surface area contributed by atoms with E-state index in [1.165, 1.54) is 6.08 Å². The molecule has 2 heterocycles. The summed E-state index contributed by atoms with van der Waals surface area (Å²) < 4.78 is 20.7. The summed E-state index contributed by atoms with van der Waals surface area (Å²) in [7, 11) is 0. The van der Waals surface area contributed by atoms with Crippen molar-refractivity contribution >= 4 is 12.0 Å². The molecule has 1 aliphatic rings. The molecule has 0 fully saturated rings. The molecule has 0 bridgehead atoms. The third kappa shape index (κ3) is 2.95. The summed E-state index contributed by atoms with van der Waals surface area (Å²) >= 11 is 0. The molecule has 0 amide bonds. The molecule has 0 N–H and O–H groups in total. The van der Waals surface area contributed by atoms with Crippen LogP contribution < -0.4 is 9.47 Å². The zero-order valence-electron chi connectivity index (χ0n) is 12.3. The van der Waals surface area contributed by atoms with Gasteiger partial charge in [0, 0.05) is 6.08 Å². The van der Waals surface area contributed by atoms with Crippen LogP contribution in [0.4, 0.5) is 0 Å². The second-order valence-corrected chi connectivity index (χ2v) is 4.86. The number of hydrogen-bond donors (Lipinski definition) is 0. The van der Waals surface area contributed by atoms with Crippen LogP contribution in [-0.2, 0) is 16.1 Å². The zero-order chi connectivity index (χ0) is 15.5. The van der Waals surface area contributed by atoms with Crippen LogP contribution in [0.1, 0.15) is 22.6 Å². The summed E-state index contributed by atoms with van der Waals surface area (Å²) in [6.45, 7) is 3.96. The van der Waals surface area contributed by atoms with E-state index < -0.39 is 5.97 Å². The summed E-state index contributed by atoms with van der Waals surface area (Å²) in [5.41, 5.74) is 2.36. The van der Waals surface area contributed by atoms with E-state index in [0.29, 0.717) is 17.3 Å². The maximum Gasteiger partial charge on any atom is 0.331 e. The van der Waals surface area contributed by atoms with Crippen molar-refractivity contribution in [1.29, 1.82) is 0 Å². The molecule has 0 saturated carbocycles. The lowest BCUT2D eigenvalue weighted by Crippen LogP contribution is -2.02. The third-order valence-electron chi connectivity index (χ3n) is 3.35. The summed E-state index contributed by atoms with van der Waals surface area (Å²) in [5, 5.41) is 3.81. The van der Waals surface area contributed by atoms with Crippen molar-refractivity contribution in [2.24, 2.45) is 0 Å². The van der Waals surface area contributed by atoms with E-state index in [0.717, 1.165) is 16.8 Å². The van der Waals surface area contributed by atoms with E-state index in [-0.39, 0.29) is 13.4 Å². The highest BCUT2D eigenvalue weighted by atomic mass is 16.7. The number of carbonyl (C=O) groups excluding carboxylic acids is 1. The van der Waals surface area contributed by atoms with Crippen LogP contribution in [0.2, 0.25) is 0 Å². The minimum Gasteiger partial charge on any atom is -0.457 e. The first-order valence-electron chi connectivity index (χ1n) is 6.80. The number of esters is 1. The quantitative estimate of drug-likeness (QED) is 0.639. The molecular formula is C16H15NO5. The Kier molecular flexibility index (Phi) is 3.82. The minimum atomic E-state index is -0.433. The Hall–Kier alpha value is -2.76. The molecule has 2 aromatic rings. The van der Waals surface area contributed by atoms with E-state index in [1.807, 2.05) is 13.0 Å². The Morgan fingerprint density at radius 2 is 2.14 bits per heavy atom. The molecule has 6 nitrogen and oxygen atoms in total. The number of ether oxygens (including phenoxy) is 3. The molecule has 0 spiro atoms. The lowest BCUT2D eigenvalue weighted by molar-refractivity contribution is -0.138. The predicted molar refractivity (Wildman–Crippen MR) is 77.4 cm³/mol. The van der Waals surface area contributed by atoms with Crippen molar-refractivity contribution in [2.45, 2.75) is 20.5 Å². The van der Waals surface area contributed by atoms with Crippen molar-refractivity contribution in [2.75, 3.05) is 6.79 Å². The molecule has 1 aromatic carbocycles. The van der Waals surface area contributed by atoms with Crippen LogP contribution in [0.15, 0.2) is 28.8 Å². The van der Waals surface area contributed by atoms with Crippen LogP contribution in [0, 0.1) is 13.8 Å². The lowest BCUT2D eigenvalue weighted by atomic mass is 10.2. The minimum absolute atomic E-state index is 0.144. The Balaban J connectivity index is 1.59. The summed E-state index contributed by atoms with van der Waals surface area (Å²) in [6, 6.07) is 5.45. The number of nitrogens with zero attached hydrogens (tertiary/aromatic N) is 1. The zero-order valence-corrected chi connectivity index (χ0v) is 12.3. The number of benzene rings is 1. The van der Waals surface area contributed by atoms with E-state index in [1.54, 1.807) is 25.1 Å². The second-order valence-electron chi connectivity index (χ2n) is 4.86. The first-order valence-corrected chi connectivity index (χ1v) is 6.80. The molecular weight excluding hydrogens is 286 g/mol. The van der Waals surface area contributed by atoms with Gasteiger partial charge in [-0.15, -0.1) is 0 Å². The number of aromatic nitrogens is 1. The molecule has 3 rings (SSSR count). The number of carbonyl (C=O) groups is 1. The Morgan fingerprint density at radius 3 is 2.91 bits per heavy atom. The van der Waals surface area contributed by atoms with Crippen LogP contribution in [0.25, 0.3) is 6.08 Å². The fraction of sp³-hybridized carbons (Fsp3) is 0.250. The Bertz CT molecular complexity index is 713. The van der Waals surface area contributed by atoms with Gasteiger partial charge in [-0.25, -0.2) is 4.79 Å². The van der Waals surface area contributed by atoms with Crippen LogP contribution in [-0.4, -0.2) is 17.9 Å². The van der Waals surface area contributed by atoms with Crippen LogP contribution in [0.3, 0.4) is 0 Å². The van der Waals surface area contributed by atoms with Gasteiger partial charge in [-0.2, -0.15) is 0 Å². The summed E-state index contributed by atoms with van der Waals surface area (Å²) in [5.74, 6) is 1.60. The van der Waals surface area contributed by atoms with Crippen molar-refractivity contribution < 1.29 is 23.5 Å². The fourth-order valence-electron chi connectivity index (χ4n) is 2.08. The number of fused-ring (bicyclic) bond motifs is 1. The van der Waals surface area contributed by atoms with Gasteiger partial charge in [0.25, 0.3) is 0 Å². The van der Waals surface area contributed by atoms with Gasteiger partial charge in [0.15, 0.2) is 11.5 Å². The van der Waals surface area contributed by atoms with E-state index in [2.05, 4.69) is 5.16 Å². The van der Waals surface area contributed by atoms with Crippen LogP contribution >= 0.6 is 0 Å². The fourth-order valence-corrected chi connectivity index (χ4v) is 2.08. The van der Waals surface area contributed by atoms with Gasteiger partial charge in [0.05, 0.1) is 11.3 Å². The molecule has 0 unspecified atom stereocenters. The smallest absolute Gasteiger partial charge is 0.331 e. The highest BCUT2D eigenvalue weighted by Gasteiger charge is 2.13. The Labute approximate surface area is 127 Å². The van der Waals surface area contributed by atoms with Crippen molar-refractivity contribution in [1.82, 2.24) is 5.16 Å². The van der Waals surface area contributed by atoms with Gasteiger partial charge in [-0.3, -0.25) is 0 Å². The number of aryl methyl sites for hydroxylation is 2. The Morgan fingerprint density at radius 1 is 1.32 bits per heavy atom. The largest absolute Gasteiger partial charge is 0.457 e. The molecule has 0 saturated heterocycles. The molecule has 1 aliphatic heterocycles. The van der Waals surface area contributed by atoms with Gasteiger partial charge in [0.2, 0.25) is 6.79 Å². The maximum absolute atomic E-state index is 11.8. The van der Waals surface area contributed by atoms with E-state index in [4.69, 9.17) is 18.7 Å². The SMILES string of the molecule is Cc1noc(C)c1COC(=O)/C=C/c1ccc2c(c1)OCO2. The lowest BCUT2D eigenvalue weighted by Gasteiger charge is -2.01. The summed E-state index contributed by atoms with van der Waals surface area (Å²) in [4.78, 5) is 11.8. The van der Waals surface area contributed by atoms with Crippen molar-refractivity contribution in [3.63, 3.8) is 0 Å². The number of rotatable bonds is 4. The van der Waals surface area contributed by atoms with Crippen molar-refractivity contribution in [3.8, 4) is 11.5 Å². The molecule has 0 radical (unpaired) electrons. The molecule has 0 aliphatic carbocycles. The predicted octanol–water partition coefficient (Wildman–Crippen LogP) is 2.78. The second kappa shape index (κ2) is 5.93. The topological polar surface area (TPSA) is 70.8 Å². The molecule has 114 valence electrons. The summed E-state index contributed by atoms with van der Waals surface area (Å²) in [6.07, 6.45) is 3.04. The van der Waals surface area contributed by atoms with Crippen LogP contribution in [0.5, 0.6) is 11.5 Å². The highest BCUT2D eigenvalue weighted by Crippen LogP contribution is 2.32. The van der Waals surface area contributed by atoms with Gasteiger partial charge in [-0.1, -0.05) is 11.2 Å². The molecule has 1 aromatic heterocycles. The highest BCUT2D eigenvalue weighted by molar-refractivity contribution is 5.87. The molecule has 0 atom stereocenters. The normalized spacial score (nSPS) is 12.8. The third-order valence-corrected chi connectivity index (χ3v) is 3.35. The van der Waals surface area contributed by atoms with Gasteiger partial charge in [0.1, 0.15) is 12.4 Å². The van der Waals surface area contributed by atoms with Gasteiger partial charge < -0.3 is 18.7 Å². The van der Waals surface area contributed by atoms with Crippen molar-refractivity contribution in [3.05, 3.63) is 46.9 Å². The number of hydrogen-bond acceptors (Lipinski definition) is 6. The van der Waals surface area contributed by atoms with E-state index in [9.17, 15) is 4.79 Å². The average molecular weight is 301 g/mol. The first-order chi connectivity index (χ1) is 10.6. The van der Waals surface area contributed by atoms with Gasteiger partial charge in [-0.05, 0) is 37.6 Å². The first kappa shape index (κ1) is 14.2. The standard InChI is InChI=1S/C16H15NO5/c1-10-13(11(2)22-17-10)8-19-16(18)6-4-12-3-5-14-15(7-12)21-9-20-14/h3-7H,8-9H2,1-2H3/b6-4+. The van der Waals surface area contributed by atoms with E-state index >= 15 is 0 Å². The monoisotopic (exact) mass is 301 g/mol. The molecule has 6 heteroatoms. The maximum atomic E-state index is 11.8.